The number of ether oxygens (including phenoxy) is 1. The first kappa shape index (κ1) is 8.51. The van der Waals surface area contributed by atoms with Gasteiger partial charge in [0.1, 0.15) is 10.4 Å². The molecule has 0 aliphatic rings. The molecule has 0 unspecified atom stereocenters. The summed E-state index contributed by atoms with van der Waals surface area (Å²) in [5.41, 5.74) is 0.968. The van der Waals surface area contributed by atoms with E-state index in [9.17, 15) is 0 Å². The fourth-order valence-corrected chi connectivity index (χ4v) is 1.53. The smallest absolute Gasteiger partial charge is 0.119 e. The van der Waals surface area contributed by atoms with Gasteiger partial charge in [0.25, 0.3) is 0 Å². The van der Waals surface area contributed by atoms with Crippen LogP contribution < -0.4 is 4.74 Å². The van der Waals surface area contributed by atoms with Crippen LogP contribution in [-0.2, 0) is 0 Å². The van der Waals surface area contributed by atoms with Crippen molar-refractivity contribution >= 4 is 26.8 Å². The van der Waals surface area contributed by atoms with Crippen LogP contribution in [0.3, 0.4) is 0 Å². The minimum Gasteiger partial charge on any atom is -0.497 e. The molecule has 0 amide bonds. The van der Waals surface area contributed by atoms with Crippen LogP contribution in [0.1, 0.15) is 0 Å². The van der Waals surface area contributed by atoms with Crippen LogP contribution in [0.2, 0.25) is 0 Å². The Morgan fingerprint density at radius 1 is 1.23 bits per heavy atom. The van der Waals surface area contributed by atoms with Crippen LogP contribution in [0.15, 0.2) is 34.9 Å². The molecular formula is C10H8BrNO. The van der Waals surface area contributed by atoms with Crippen LogP contribution in [0.4, 0.5) is 0 Å². The summed E-state index contributed by atoms with van der Waals surface area (Å²) in [6, 6.07) is 9.74. The second-order valence-corrected chi connectivity index (χ2v) is 3.51. The summed E-state index contributed by atoms with van der Waals surface area (Å²) in [5, 5.41) is 1.09. The van der Waals surface area contributed by atoms with Crippen LogP contribution >= 0.6 is 15.9 Å². The van der Waals surface area contributed by atoms with Gasteiger partial charge >= 0.3 is 0 Å². The molecule has 2 nitrogen and oxygen atoms in total. The highest BCUT2D eigenvalue weighted by molar-refractivity contribution is 9.10. The summed E-state index contributed by atoms with van der Waals surface area (Å²) in [6.07, 6.45) is 0. The van der Waals surface area contributed by atoms with Gasteiger partial charge in [-0.05, 0) is 46.3 Å². The average molecular weight is 238 g/mol. The molecule has 0 saturated heterocycles. The molecule has 66 valence electrons. The molecule has 2 aromatic rings. The van der Waals surface area contributed by atoms with Gasteiger partial charge in [-0.2, -0.15) is 0 Å². The molecule has 0 fully saturated rings. The van der Waals surface area contributed by atoms with Crippen molar-refractivity contribution in [1.82, 2.24) is 4.98 Å². The number of nitrogens with zero attached hydrogens (tertiary/aromatic N) is 1. The predicted octanol–water partition coefficient (Wildman–Crippen LogP) is 3.01. The Balaban J connectivity index is 2.66. The summed E-state index contributed by atoms with van der Waals surface area (Å²) in [6.45, 7) is 0. The summed E-state index contributed by atoms with van der Waals surface area (Å²) in [5.74, 6) is 0.858. The van der Waals surface area contributed by atoms with Gasteiger partial charge in [0.2, 0.25) is 0 Å². The summed E-state index contributed by atoms with van der Waals surface area (Å²) in [7, 11) is 1.66. The molecule has 13 heavy (non-hydrogen) atoms. The second kappa shape index (κ2) is 3.34. The molecule has 1 aromatic heterocycles. The van der Waals surface area contributed by atoms with Crippen molar-refractivity contribution in [2.24, 2.45) is 0 Å². The van der Waals surface area contributed by atoms with E-state index < -0.39 is 0 Å². The number of benzene rings is 1. The highest BCUT2D eigenvalue weighted by Gasteiger charge is 1.97. The Morgan fingerprint density at radius 2 is 2.08 bits per heavy atom. The van der Waals surface area contributed by atoms with Gasteiger partial charge in [0.15, 0.2) is 0 Å². The third-order valence-electron chi connectivity index (χ3n) is 1.86. The third-order valence-corrected chi connectivity index (χ3v) is 2.30. The summed E-state index contributed by atoms with van der Waals surface area (Å²) < 4.78 is 5.97. The van der Waals surface area contributed by atoms with E-state index >= 15 is 0 Å². The SMILES string of the molecule is COc1ccc2nc(Br)ccc2c1. The lowest BCUT2D eigenvalue weighted by atomic mass is 10.2. The van der Waals surface area contributed by atoms with E-state index in [1.54, 1.807) is 7.11 Å². The lowest BCUT2D eigenvalue weighted by Crippen LogP contribution is -1.84. The summed E-state index contributed by atoms with van der Waals surface area (Å²) >= 11 is 3.33. The zero-order valence-electron chi connectivity index (χ0n) is 7.12. The Bertz CT molecular complexity index is 442. The molecule has 0 atom stereocenters. The number of pyridine rings is 1. The quantitative estimate of drug-likeness (QED) is 0.712. The first-order chi connectivity index (χ1) is 6.29. The molecule has 2 rings (SSSR count). The van der Waals surface area contributed by atoms with Crippen molar-refractivity contribution in [3.63, 3.8) is 0 Å². The molecule has 0 bridgehead atoms. The number of methoxy groups -OCH3 is 1. The van der Waals surface area contributed by atoms with E-state index in [4.69, 9.17) is 4.74 Å². The first-order valence-corrected chi connectivity index (χ1v) is 4.69. The van der Waals surface area contributed by atoms with Crippen molar-refractivity contribution in [3.8, 4) is 5.75 Å². The zero-order chi connectivity index (χ0) is 9.26. The molecule has 0 radical (unpaired) electrons. The number of hydrogen-bond acceptors (Lipinski definition) is 2. The van der Waals surface area contributed by atoms with Crippen LogP contribution in [-0.4, -0.2) is 12.1 Å². The molecule has 0 aliphatic heterocycles. The van der Waals surface area contributed by atoms with Crippen molar-refractivity contribution in [1.29, 1.82) is 0 Å². The number of fused-ring (bicyclic) bond motifs is 1. The highest BCUT2D eigenvalue weighted by Crippen LogP contribution is 2.20. The molecular weight excluding hydrogens is 230 g/mol. The molecule has 3 heteroatoms. The zero-order valence-corrected chi connectivity index (χ0v) is 8.71. The lowest BCUT2D eigenvalue weighted by molar-refractivity contribution is 0.415. The number of rotatable bonds is 1. The van der Waals surface area contributed by atoms with E-state index in [1.807, 2.05) is 30.3 Å². The molecule has 0 aliphatic carbocycles. The highest BCUT2D eigenvalue weighted by atomic mass is 79.9. The minimum atomic E-state index is 0.852. The molecule has 0 saturated carbocycles. The minimum absolute atomic E-state index is 0.852. The monoisotopic (exact) mass is 237 g/mol. The fourth-order valence-electron chi connectivity index (χ4n) is 1.21. The second-order valence-electron chi connectivity index (χ2n) is 2.69. The lowest BCUT2D eigenvalue weighted by Gasteiger charge is -2.01. The number of halogens is 1. The van der Waals surface area contributed by atoms with Crippen LogP contribution in [0, 0.1) is 0 Å². The Labute approximate surface area is 84.7 Å². The van der Waals surface area contributed by atoms with Gasteiger partial charge in [-0.1, -0.05) is 0 Å². The molecule has 0 spiro atoms. The van der Waals surface area contributed by atoms with Crippen LogP contribution in [0.5, 0.6) is 5.75 Å². The van der Waals surface area contributed by atoms with Crippen molar-refractivity contribution < 1.29 is 4.74 Å². The van der Waals surface area contributed by atoms with Gasteiger partial charge in [0, 0.05) is 5.39 Å². The average Bonchev–Trinajstić information content (AvgIpc) is 2.17. The van der Waals surface area contributed by atoms with Crippen molar-refractivity contribution in [3.05, 3.63) is 34.9 Å². The maximum Gasteiger partial charge on any atom is 0.119 e. The topological polar surface area (TPSA) is 22.1 Å². The Kier molecular flexibility index (Phi) is 2.19. The summed E-state index contributed by atoms with van der Waals surface area (Å²) in [4.78, 5) is 4.31. The van der Waals surface area contributed by atoms with Crippen LogP contribution in [0.25, 0.3) is 10.9 Å². The van der Waals surface area contributed by atoms with E-state index in [1.165, 1.54) is 0 Å². The van der Waals surface area contributed by atoms with Crippen molar-refractivity contribution in [2.45, 2.75) is 0 Å². The molecule has 0 N–H and O–H groups in total. The van der Waals surface area contributed by atoms with Gasteiger partial charge in [-0.15, -0.1) is 0 Å². The van der Waals surface area contributed by atoms with E-state index in [0.717, 1.165) is 21.3 Å². The van der Waals surface area contributed by atoms with Crippen molar-refractivity contribution in [2.75, 3.05) is 7.11 Å². The third kappa shape index (κ3) is 1.65. The van der Waals surface area contributed by atoms with Gasteiger partial charge < -0.3 is 4.74 Å². The largest absolute Gasteiger partial charge is 0.497 e. The van der Waals surface area contributed by atoms with Gasteiger partial charge in [0.05, 0.1) is 12.6 Å². The number of aromatic nitrogens is 1. The normalized spacial score (nSPS) is 10.3. The molecule has 1 heterocycles. The maximum absolute atomic E-state index is 5.11. The molecule has 1 aromatic carbocycles. The van der Waals surface area contributed by atoms with Gasteiger partial charge in [-0.3, -0.25) is 0 Å². The predicted molar refractivity (Wildman–Crippen MR) is 56.0 cm³/mol. The van der Waals surface area contributed by atoms with E-state index in [2.05, 4.69) is 20.9 Å². The Hall–Kier alpha value is -1.09. The van der Waals surface area contributed by atoms with Gasteiger partial charge in [-0.25, -0.2) is 4.98 Å². The number of hydrogen-bond donors (Lipinski definition) is 0. The van der Waals surface area contributed by atoms with E-state index in [0.29, 0.717) is 0 Å². The van der Waals surface area contributed by atoms with E-state index in [-0.39, 0.29) is 0 Å². The fraction of sp³-hybridized carbons (Fsp3) is 0.100. The standard InChI is InChI=1S/C10H8BrNO/c1-13-8-3-4-9-7(6-8)2-5-10(11)12-9/h2-6H,1H3. The maximum atomic E-state index is 5.11. The first-order valence-electron chi connectivity index (χ1n) is 3.90. The Morgan fingerprint density at radius 3 is 2.85 bits per heavy atom.